The number of nitrogens with zero attached hydrogens (tertiary/aromatic N) is 3. The molecule has 3 aromatic rings. The molecule has 0 aliphatic heterocycles. The summed E-state index contributed by atoms with van der Waals surface area (Å²) >= 11 is 0. The Morgan fingerprint density at radius 1 is 1.00 bits per heavy atom. The van der Waals surface area contributed by atoms with Gasteiger partial charge in [-0.1, -0.05) is 12.1 Å². The number of amides is 2. The number of hydrogen-bond donors (Lipinski definition) is 4. The summed E-state index contributed by atoms with van der Waals surface area (Å²) in [6, 6.07) is 11.8. The van der Waals surface area contributed by atoms with Gasteiger partial charge in [0.1, 0.15) is 11.6 Å². The second-order valence-corrected chi connectivity index (χ2v) is 6.50. The third-order valence-corrected chi connectivity index (χ3v) is 3.91. The lowest BCUT2D eigenvalue weighted by molar-refractivity contribution is -0.274. The Morgan fingerprint density at radius 2 is 1.75 bits per heavy atom. The van der Waals surface area contributed by atoms with E-state index >= 15 is 0 Å². The maximum Gasteiger partial charge on any atom is 0.573 e. The molecule has 2 heterocycles. The Hall–Kier alpha value is -4.09. The fourth-order valence-corrected chi connectivity index (χ4v) is 2.55. The van der Waals surface area contributed by atoms with Crippen LogP contribution in [0, 0.1) is 6.92 Å². The van der Waals surface area contributed by atoms with E-state index in [4.69, 9.17) is 0 Å². The molecule has 12 heteroatoms. The summed E-state index contributed by atoms with van der Waals surface area (Å²) in [6.45, 7) is 2.45. The third kappa shape index (κ3) is 7.31. The molecule has 32 heavy (non-hydrogen) atoms. The number of hydrogen-bond acceptors (Lipinski definition) is 7. The molecule has 1 aromatic carbocycles. The summed E-state index contributed by atoms with van der Waals surface area (Å²) in [4.78, 5) is 16.1. The molecule has 0 atom stereocenters. The van der Waals surface area contributed by atoms with Crippen LogP contribution in [0.4, 0.5) is 41.1 Å². The molecule has 0 saturated carbocycles. The van der Waals surface area contributed by atoms with E-state index in [0.717, 1.165) is 11.6 Å². The molecule has 3 rings (SSSR count). The number of carbonyl (C=O) groups excluding carboxylic acids is 1. The molecule has 0 saturated heterocycles. The van der Waals surface area contributed by atoms with Crippen molar-refractivity contribution in [2.75, 3.05) is 29.0 Å². The molecule has 2 amide bonds. The van der Waals surface area contributed by atoms with Gasteiger partial charge in [-0.3, -0.25) is 0 Å². The maximum absolute atomic E-state index is 12.4. The number of halogens is 3. The first kappa shape index (κ1) is 22.6. The minimum Gasteiger partial charge on any atom is -0.404 e. The average Bonchev–Trinajstić information content (AvgIpc) is 2.73. The number of alkyl halides is 3. The smallest absolute Gasteiger partial charge is 0.404 e. The predicted molar refractivity (Wildman–Crippen MR) is 113 cm³/mol. The van der Waals surface area contributed by atoms with Crippen molar-refractivity contribution in [2.24, 2.45) is 0 Å². The van der Waals surface area contributed by atoms with Gasteiger partial charge >= 0.3 is 12.4 Å². The molecule has 4 N–H and O–H groups in total. The lowest BCUT2D eigenvalue weighted by atomic mass is 10.3. The molecule has 168 valence electrons. The number of carbonyl (C=O) groups is 1. The molecule has 0 unspecified atom stereocenters. The van der Waals surface area contributed by atoms with Gasteiger partial charge in [0.25, 0.3) is 0 Å². The SMILES string of the molecule is Cc1ccnc(Nc2ccc(NCCNC(=O)Nc3ccccc3OC(F)(F)F)nn2)c1. The molecule has 0 fully saturated rings. The number of benzene rings is 1. The van der Waals surface area contributed by atoms with Gasteiger partial charge in [-0.2, -0.15) is 0 Å². The molecule has 0 radical (unpaired) electrons. The molecule has 0 bridgehead atoms. The molecular formula is C20H20F3N7O2. The minimum atomic E-state index is -4.86. The Bertz CT molecular complexity index is 1050. The van der Waals surface area contributed by atoms with E-state index in [-0.39, 0.29) is 12.2 Å². The summed E-state index contributed by atoms with van der Waals surface area (Å²) in [5, 5.41) is 18.9. The van der Waals surface area contributed by atoms with Crippen LogP contribution in [0.1, 0.15) is 5.56 Å². The number of urea groups is 1. The minimum absolute atomic E-state index is 0.104. The van der Waals surface area contributed by atoms with Crippen LogP contribution in [0.2, 0.25) is 0 Å². The first-order valence-corrected chi connectivity index (χ1v) is 9.45. The zero-order chi connectivity index (χ0) is 23.0. The van der Waals surface area contributed by atoms with Gasteiger partial charge in [0.2, 0.25) is 0 Å². The van der Waals surface area contributed by atoms with Crippen molar-refractivity contribution in [1.82, 2.24) is 20.5 Å². The number of aryl methyl sites for hydroxylation is 1. The van der Waals surface area contributed by atoms with E-state index < -0.39 is 18.1 Å². The first-order valence-electron chi connectivity index (χ1n) is 9.45. The number of anilines is 4. The Labute approximate surface area is 181 Å². The zero-order valence-corrected chi connectivity index (χ0v) is 16.9. The second kappa shape index (κ2) is 10.3. The van der Waals surface area contributed by atoms with Gasteiger partial charge in [0.05, 0.1) is 5.69 Å². The standard InChI is InChI=1S/C20H20F3N7O2/c1-13-8-9-24-18(12-13)28-17-7-6-16(29-30-17)25-10-11-26-19(31)27-14-4-2-3-5-15(14)32-20(21,22)23/h2-9,12H,10-11H2,1H3,(H,25,29)(H,24,28,30)(H2,26,27,31). The van der Waals surface area contributed by atoms with Crippen molar-refractivity contribution < 1.29 is 22.7 Å². The highest BCUT2D eigenvalue weighted by molar-refractivity contribution is 5.90. The van der Waals surface area contributed by atoms with Gasteiger partial charge in [-0.05, 0) is 48.9 Å². The predicted octanol–water partition coefficient (Wildman–Crippen LogP) is 4.06. The van der Waals surface area contributed by atoms with Crippen molar-refractivity contribution in [1.29, 1.82) is 0 Å². The number of nitrogens with one attached hydrogen (secondary N) is 4. The van der Waals surface area contributed by atoms with Crippen molar-refractivity contribution >= 4 is 29.2 Å². The first-order chi connectivity index (χ1) is 15.3. The second-order valence-electron chi connectivity index (χ2n) is 6.50. The highest BCUT2D eigenvalue weighted by atomic mass is 19.4. The van der Waals surface area contributed by atoms with Gasteiger partial charge in [-0.25, -0.2) is 9.78 Å². The van der Waals surface area contributed by atoms with E-state index in [2.05, 4.69) is 41.2 Å². The molecule has 0 spiro atoms. The van der Waals surface area contributed by atoms with Gasteiger partial charge in [0, 0.05) is 19.3 Å². The number of aromatic nitrogens is 3. The fraction of sp³-hybridized carbons (Fsp3) is 0.200. The third-order valence-electron chi connectivity index (χ3n) is 3.91. The van der Waals surface area contributed by atoms with Crippen LogP contribution in [0.5, 0.6) is 5.75 Å². The van der Waals surface area contributed by atoms with Crippen LogP contribution in [0.15, 0.2) is 54.7 Å². The summed E-state index contributed by atoms with van der Waals surface area (Å²) in [5.74, 6) is 1.15. The topological polar surface area (TPSA) is 113 Å². The monoisotopic (exact) mass is 447 g/mol. The largest absolute Gasteiger partial charge is 0.573 e. The van der Waals surface area contributed by atoms with E-state index in [1.807, 2.05) is 19.1 Å². The molecular weight excluding hydrogens is 427 g/mol. The zero-order valence-electron chi connectivity index (χ0n) is 16.9. The van der Waals surface area contributed by atoms with Crippen LogP contribution < -0.4 is 26.0 Å². The van der Waals surface area contributed by atoms with Crippen molar-refractivity contribution in [2.45, 2.75) is 13.3 Å². The van der Waals surface area contributed by atoms with E-state index in [9.17, 15) is 18.0 Å². The number of rotatable bonds is 8. The van der Waals surface area contributed by atoms with Crippen molar-refractivity contribution in [3.8, 4) is 5.75 Å². The molecule has 0 aliphatic rings. The highest BCUT2D eigenvalue weighted by Crippen LogP contribution is 2.29. The van der Waals surface area contributed by atoms with Crippen LogP contribution in [-0.2, 0) is 0 Å². The Kier molecular flexibility index (Phi) is 7.26. The van der Waals surface area contributed by atoms with Crippen molar-refractivity contribution in [3.05, 3.63) is 60.3 Å². The lowest BCUT2D eigenvalue weighted by Crippen LogP contribution is -2.33. The average molecular weight is 447 g/mol. The number of ether oxygens (including phenoxy) is 1. The van der Waals surface area contributed by atoms with Crippen LogP contribution in [-0.4, -0.2) is 40.7 Å². The normalized spacial score (nSPS) is 10.9. The summed E-state index contributed by atoms with van der Waals surface area (Å²) in [7, 11) is 0. The fourth-order valence-electron chi connectivity index (χ4n) is 2.55. The molecule has 2 aromatic heterocycles. The Balaban J connectivity index is 1.42. The van der Waals surface area contributed by atoms with Crippen LogP contribution in [0.25, 0.3) is 0 Å². The van der Waals surface area contributed by atoms with Crippen LogP contribution in [0.3, 0.4) is 0 Å². The van der Waals surface area contributed by atoms with Gasteiger partial charge in [-0.15, -0.1) is 23.4 Å². The van der Waals surface area contributed by atoms with E-state index in [1.54, 1.807) is 18.3 Å². The summed E-state index contributed by atoms with van der Waals surface area (Å²) < 4.78 is 41.2. The van der Waals surface area contributed by atoms with E-state index in [1.165, 1.54) is 18.2 Å². The quantitative estimate of drug-likeness (QED) is 0.385. The van der Waals surface area contributed by atoms with Gasteiger partial charge < -0.3 is 26.0 Å². The summed E-state index contributed by atoms with van der Waals surface area (Å²) in [5.41, 5.74) is 0.953. The van der Waals surface area contributed by atoms with E-state index in [0.29, 0.717) is 24.0 Å². The number of para-hydroxylation sites is 2. The maximum atomic E-state index is 12.4. The highest BCUT2D eigenvalue weighted by Gasteiger charge is 2.32. The molecule has 0 aliphatic carbocycles. The van der Waals surface area contributed by atoms with Gasteiger partial charge in [0.15, 0.2) is 11.6 Å². The summed E-state index contributed by atoms with van der Waals surface area (Å²) in [6.07, 6.45) is -3.17. The number of pyridine rings is 1. The Morgan fingerprint density at radius 3 is 2.47 bits per heavy atom. The van der Waals surface area contributed by atoms with Crippen LogP contribution >= 0.6 is 0 Å². The van der Waals surface area contributed by atoms with Crippen molar-refractivity contribution in [3.63, 3.8) is 0 Å². The molecule has 9 nitrogen and oxygen atoms in total. The lowest BCUT2D eigenvalue weighted by Gasteiger charge is -2.14.